The number of anilines is 3. The number of nitrogens with one attached hydrogen (secondary N) is 1. The maximum absolute atomic E-state index is 5.19. The molecular formula is C32H20N4. The zero-order chi connectivity index (χ0) is 23.6. The highest BCUT2D eigenvalue weighted by atomic mass is 15.3. The Morgan fingerprint density at radius 2 is 1.39 bits per heavy atom. The van der Waals surface area contributed by atoms with E-state index in [4.69, 9.17) is 9.97 Å². The summed E-state index contributed by atoms with van der Waals surface area (Å²) >= 11 is 0. The zero-order valence-corrected chi connectivity index (χ0v) is 19.3. The maximum atomic E-state index is 5.19. The molecule has 1 aliphatic rings. The summed E-state index contributed by atoms with van der Waals surface area (Å²) in [5.74, 6) is 0.664. The van der Waals surface area contributed by atoms with E-state index in [-0.39, 0.29) is 0 Å². The van der Waals surface area contributed by atoms with Crippen molar-refractivity contribution in [3.8, 4) is 22.5 Å². The Balaban J connectivity index is 1.52. The minimum absolute atomic E-state index is 0.664. The number of hydrogen-bond donors (Lipinski definition) is 1. The lowest BCUT2D eigenvalue weighted by atomic mass is 9.88. The van der Waals surface area contributed by atoms with Crippen LogP contribution in [0, 0.1) is 0 Å². The van der Waals surface area contributed by atoms with Crippen molar-refractivity contribution in [2.24, 2.45) is 0 Å². The number of fused-ring (bicyclic) bond motifs is 5. The van der Waals surface area contributed by atoms with Gasteiger partial charge >= 0.3 is 0 Å². The van der Waals surface area contributed by atoms with Crippen LogP contribution in [-0.4, -0.2) is 15.0 Å². The van der Waals surface area contributed by atoms with Crippen molar-refractivity contribution >= 4 is 49.8 Å². The smallest absolute Gasteiger partial charge is 0.235 e. The number of aromatic amines is 1. The molecular weight excluding hydrogens is 440 g/mol. The van der Waals surface area contributed by atoms with Crippen LogP contribution < -0.4 is 4.90 Å². The number of aromatic nitrogens is 3. The standard InChI is InChI=1S/C32H20N4/c1-2-11-22-20(8-1)17-18-28-30(22)24-13-5-9-21-10-6-16-27(29(21)24)36(28)32-34-25-14-4-3-12-23(25)31(35-32)26-15-7-19-33-26/h1-19,33H. The van der Waals surface area contributed by atoms with Gasteiger partial charge in [0.1, 0.15) is 0 Å². The van der Waals surface area contributed by atoms with Crippen molar-refractivity contribution < 1.29 is 0 Å². The Kier molecular flexibility index (Phi) is 3.91. The van der Waals surface area contributed by atoms with Gasteiger partial charge < -0.3 is 4.98 Å². The van der Waals surface area contributed by atoms with E-state index in [9.17, 15) is 0 Å². The molecule has 0 unspecified atom stereocenters. The molecule has 168 valence electrons. The van der Waals surface area contributed by atoms with Gasteiger partial charge in [0.25, 0.3) is 0 Å². The summed E-state index contributed by atoms with van der Waals surface area (Å²) in [6.07, 6.45) is 1.94. The largest absolute Gasteiger partial charge is 0.360 e. The third-order valence-electron chi connectivity index (χ3n) is 7.19. The van der Waals surface area contributed by atoms with Gasteiger partial charge in [0.15, 0.2) is 0 Å². The van der Waals surface area contributed by atoms with E-state index >= 15 is 0 Å². The SMILES string of the molecule is c1c[nH]c(-c2nc(N3c4ccc5ccccc5c4-c4cccc5cccc3c45)nc3ccccc23)c1. The second kappa shape index (κ2) is 7.27. The van der Waals surface area contributed by atoms with Crippen LogP contribution in [0.1, 0.15) is 0 Å². The molecule has 0 radical (unpaired) electrons. The number of rotatable bonds is 2. The zero-order valence-electron chi connectivity index (χ0n) is 19.3. The molecule has 1 aliphatic heterocycles. The molecule has 4 heteroatoms. The van der Waals surface area contributed by atoms with Gasteiger partial charge in [-0.15, -0.1) is 0 Å². The number of hydrogen-bond acceptors (Lipinski definition) is 3. The second-order valence-corrected chi connectivity index (χ2v) is 9.17. The highest BCUT2D eigenvalue weighted by molar-refractivity contribution is 6.19. The van der Waals surface area contributed by atoms with Gasteiger partial charge in [0.2, 0.25) is 5.95 Å². The van der Waals surface area contributed by atoms with E-state index < -0.39 is 0 Å². The van der Waals surface area contributed by atoms with Crippen LogP contribution in [0.15, 0.2) is 115 Å². The lowest BCUT2D eigenvalue weighted by Crippen LogP contribution is -2.18. The average molecular weight is 461 g/mol. The van der Waals surface area contributed by atoms with Gasteiger partial charge in [-0.25, -0.2) is 9.97 Å². The number of para-hydroxylation sites is 1. The first-order chi connectivity index (χ1) is 17.9. The van der Waals surface area contributed by atoms with Gasteiger partial charge in [-0.05, 0) is 52.1 Å². The Morgan fingerprint density at radius 3 is 2.28 bits per heavy atom. The minimum atomic E-state index is 0.664. The van der Waals surface area contributed by atoms with E-state index in [1.807, 2.05) is 24.4 Å². The molecule has 8 rings (SSSR count). The van der Waals surface area contributed by atoms with Crippen molar-refractivity contribution in [1.29, 1.82) is 0 Å². The molecule has 4 nitrogen and oxygen atoms in total. The van der Waals surface area contributed by atoms with Gasteiger partial charge in [0, 0.05) is 22.5 Å². The Bertz CT molecular complexity index is 1950. The van der Waals surface area contributed by atoms with Crippen molar-refractivity contribution in [3.63, 3.8) is 0 Å². The molecule has 0 amide bonds. The fraction of sp³-hybridized carbons (Fsp3) is 0. The third-order valence-corrected chi connectivity index (χ3v) is 7.19. The third kappa shape index (κ3) is 2.64. The number of H-pyrrole nitrogens is 1. The summed E-state index contributed by atoms with van der Waals surface area (Å²) in [5.41, 5.74) is 7.44. The van der Waals surface area contributed by atoms with Gasteiger partial charge in [-0.3, -0.25) is 4.90 Å². The molecule has 3 heterocycles. The fourth-order valence-corrected chi connectivity index (χ4v) is 5.64. The molecule has 2 aromatic heterocycles. The molecule has 0 saturated heterocycles. The van der Waals surface area contributed by atoms with Crippen LogP contribution in [0.5, 0.6) is 0 Å². The second-order valence-electron chi connectivity index (χ2n) is 9.17. The predicted molar refractivity (Wildman–Crippen MR) is 148 cm³/mol. The minimum Gasteiger partial charge on any atom is -0.360 e. The van der Waals surface area contributed by atoms with Crippen LogP contribution in [0.2, 0.25) is 0 Å². The number of benzene rings is 5. The Hall–Kier alpha value is -4.96. The van der Waals surface area contributed by atoms with Gasteiger partial charge in [-0.2, -0.15) is 0 Å². The molecule has 0 atom stereocenters. The van der Waals surface area contributed by atoms with E-state index in [1.165, 1.54) is 32.7 Å². The van der Waals surface area contributed by atoms with Gasteiger partial charge in [-0.1, -0.05) is 78.9 Å². The van der Waals surface area contributed by atoms with Crippen LogP contribution in [-0.2, 0) is 0 Å². The van der Waals surface area contributed by atoms with E-state index in [1.54, 1.807) is 0 Å². The lowest BCUT2D eigenvalue weighted by molar-refractivity contribution is 1.11. The average Bonchev–Trinajstić information content (AvgIpc) is 3.47. The first-order valence-corrected chi connectivity index (χ1v) is 12.1. The predicted octanol–water partition coefficient (Wildman–Crippen LogP) is 8.38. The monoisotopic (exact) mass is 460 g/mol. The molecule has 0 aliphatic carbocycles. The summed E-state index contributed by atoms with van der Waals surface area (Å²) in [7, 11) is 0. The summed E-state index contributed by atoms with van der Waals surface area (Å²) in [6.45, 7) is 0. The van der Waals surface area contributed by atoms with Crippen LogP contribution in [0.4, 0.5) is 17.3 Å². The molecule has 0 spiro atoms. The van der Waals surface area contributed by atoms with E-state index in [2.05, 4.69) is 101 Å². The Morgan fingerprint density at radius 1 is 0.583 bits per heavy atom. The number of nitrogens with zero attached hydrogens (tertiary/aromatic N) is 3. The van der Waals surface area contributed by atoms with E-state index in [0.29, 0.717) is 5.95 Å². The van der Waals surface area contributed by atoms with Gasteiger partial charge in [0.05, 0.1) is 28.3 Å². The molecule has 7 aromatic rings. The summed E-state index contributed by atoms with van der Waals surface area (Å²) in [4.78, 5) is 15.9. The first kappa shape index (κ1) is 19.4. The molecule has 0 bridgehead atoms. The molecule has 36 heavy (non-hydrogen) atoms. The van der Waals surface area contributed by atoms with Crippen molar-refractivity contribution in [3.05, 3.63) is 115 Å². The summed E-state index contributed by atoms with van der Waals surface area (Å²) in [6, 6.07) is 38.3. The van der Waals surface area contributed by atoms with Crippen molar-refractivity contribution in [1.82, 2.24) is 15.0 Å². The Labute approximate surface area is 207 Å². The van der Waals surface area contributed by atoms with Crippen LogP contribution >= 0.6 is 0 Å². The fourth-order valence-electron chi connectivity index (χ4n) is 5.64. The molecule has 1 N–H and O–H groups in total. The normalized spacial score (nSPS) is 12.4. The quantitative estimate of drug-likeness (QED) is 0.282. The summed E-state index contributed by atoms with van der Waals surface area (Å²) < 4.78 is 0. The highest BCUT2D eigenvalue weighted by Crippen LogP contribution is 2.52. The molecule has 0 fully saturated rings. The lowest BCUT2D eigenvalue weighted by Gasteiger charge is -2.33. The van der Waals surface area contributed by atoms with Crippen molar-refractivity contribution in [2.45, 2.75) is 0 Å². The highest BCUT2D eigenvalue weighted by Gasteiger charge is 2.29. The maximum Gasteiger partial charge on any atom is 0.235 e. The van der Waals surface area contributed by atoms with E-state index in [0.717, 1.165) is 33.7 Å². The molecule has 0 saturated carbocycles. The molecule has 5 aromatic carbocycles. The van der Waals surface area contributed by atoms with Crippen LogP contribution in [0.25, 0.3) is 55.0 Å². The van der Waals surface area contributed by atoms with Crippen molar-refractivity contribution in [2.75, 3.05) is 4.90 Å². The summed E-state index contributed by atoms with van der Waals surface area (Å²) in [5, 5.41) is 5.91. The first-order valence-electron chi connectivity index (χ1n) is 12.1. The topological polar surface area (TPSA) is 44.8 Å². The van der Waals surface area contributed by atoms with Crippen LogP contribution in [0.3, 0.4) is 0 Å².